The van der Waals surface area contributed by atoms with Crippen LogP contribution in [-0.2, 0) is 0 Å². The summed E-state index contributed by atoms with van der Waals surface area (Å²) in [6.07, 6.45) is 4.97. The van der Waals surface area contributed by atoms with Crippen molar-refractivity contribution in [3.8, 4) is 0 Å². The number of aliphatic hydroxyl groups excluding tert-OH is 2. The van der Waals surface area contributed by atoms with Gasteiger partial charge in [-0.2, -0.15) is 0 Å². The van der Waals surface area contributed by atoms with E-state index in [1.165, 1.54) is 10.8 Å². The van der Waals surface area contributed by atoms with Crippen LogP contribution < -0.4 is 11.2 Å². The van der Waals surface area contributed by atoms with Crippen LogP contribution in [0, 0.1) is 18.3 Å². The number of rotatable bonds is 2. The molecule has 0 unspecified atom stereocenters. The average Bonchev–Trinajstić information content (AvgIpc) is 2.51. The number of allylic oxidation sites excluding steroid dienone is 1. The van der Waals surface area contributed by atoms with E-state index in [1.807, 2.05) is 12.2 Å². The molecule has 4 atom stereocenters. The van der Waals surface area contributed by atoms with Gasteiger partial charge in [-0.15, -0.1) is 0 Å². The predicted octanol–water partition coefficient (Wildman–Crippen LogP) is -0.685. The summed E-state index contributed by atoms with van der Waals surface area (Å²) in [6, 6.07) is -0.227. The molecule has 19 heavy (non-hydrogen) atoms. The minimum atomic E-state index is -0.670. The van der Waals surface area contributed by atoms with Crippen LogP contribution in [0.3, 0.4) is 0 Å². The Balaban J connectivity index is 2.06. The highest BCUT2D eigenvalue weighted by Crippen LogP contribution is 2.56. The first-order valence-electron chi connectivity index (χ1n) is 6.30. The Labute approximate surface area is 109 Å². The van der Waals surface area contributed by atoms with Crippen molar-refractivity contribution in [2.24, 2.45) is 11.3 Å². The molecule has 3 N–H and O–H groups in total. The number of aromatic nitrogens is 2. The second-order valence-electron chi connectivity index (χ2n) is 5.45. The second-order valence-corrected chi connectivity index (χ2v) is 5.45. The molecule has 1 fully saturated rings. The Hall–Kier alpha value is -1.66. The van der Waals surface area contributed by atoms with E-state index in [2.05, 4.69) is 4.98 Å². The van der Waals surface area contributed by atoms with Gasteiger partial charge < -0.3 is 10.2 Å². The lowest BCUT2D eigenvalue weighted by Crippen LogP contribution is -2.44. The molecular formula is C13H16N2O4. The minimum absolute atomic E-state index is 0.0736. The van der Waals surface area contributed by atoms with E-state index in [9.17, 15) is 19.8 Å². The molecular weight excluding hydrogens is 248 g/mol. The molecule has 1 saturated carbocycles. The number of aromatic amines is 1. The Morgan fingerprint density at radius 2 is 2.26 bits per heavy atom. The third-order valence-electron chi connectivity index (χ3n) is 4.51. The van der Waals surface area contributed by atoms with Crippen molar-refractivity contribution in [3.05, 3.63) is 44.8 Å². The summed E-state index contributed by atoms with van der Waals surface area (Å²) in [5.74, 6) is -0.0736. The van der Waals surface area contributed by atoms with Gasteiger partial charge in [0.05, 0.1) is 12.7 Å². The summed E-state index contributed by atoms with van der Waals surface area (Å²) in [7, 11) is 0. The topological polar surface area (TPSA) is 95.3 Å². The Morgan fingerprint density at radius 1 is 1.53 bits per heavy atom. The zero-order chi connectivity index (χ0) is 13.8. The molecule has 0 aromatic carbocycles. The first kappa shape index (κ1) is 12.4. The van der Waals surface area contributed by atoms with Crippen LogP contribution in [0.4, 0.5) is 0 Å². The molecule has 0 amide bonds. The van der Waals surface area contributed by atoms with Gasteiger partial charge in [-0.1, -0.05) is 12.2 Å². The Bertz CT molecular complexity index is 659. The predicted molar refractivity (Wildman–Crippen MR) is 67.9 cm³/mol. The number of fused-ring (bicyclic) bond motifs is 1. The number of aryl methyl sites for hydroxylation is 1. The molecule has 1 heterocycles. The molecule has 0 aliphatic heterocycles. The molecule has 1 aromatic heterocycles. The lowest BCUT2D eigenvalue weighted by atomic mass is 9.68. The molecule has 0 bridgehead atoms. The number of H-pyrrole nitrogens is 1. The van der Waals surface area contributed by atoms with Crippen molar-refractivity contribution < 1.29 is 10.2 Å². The van der Waals surface area contributed by atoms with Crippen molar-refractivity contribution >= 4 is 0 Å². The van der Waals surface area contributed by atoms with Crippen LogP contribution in [0.1, 0.15) is 18.0 Å². The summed E-state index contributed by atoms with van der Waals surface area (Å²) in [5.41, 5.74) is -1.04. The lowest BCUT2D eigenvalue weighted by Gasteiger charge is -2.40. The highest BCUT2D eigenvalue weighted by molar-refractivity contribution is 5.28. The molecule has 0 radical (unpaired) electrons. The van der Waals surface area contributed by atoms with Crippen molar-refractivity contribution in [2.45, 2.75) is 25.5 Å². The van der Waals surface area contributed by atoms with E-state index >= 15 is 0 Å². The van der Waals surface area contributed by atoms with Crippen LogP contribution in [0.15, 0.2) is 27.9 Å². The van der Waals surface area contributed by atoms with Crippen LogP contribution in [0.2, 0.25) is 0 Å². The molecule has 0 spiro atoms. The molecule has 2 aliphatic rings. The smallest absolute Gasteiger partial charge is 0.328 e. The number of nitrogens with one attached hydrogen (secondary N) is 1. The first-order valence-corrected chi connectivity index (χ1v) is 6.30. The molecule has 6 nitrogen and oxygen atoms in total. The first-order chi connectivity index (χ1) is 8.99. The van der Waals surface area contributed by atoms with E-state index in [-0.39, 0.29) is 18.6 Å². The van der Waals surface area contributed by atoms with Crippen LogP contribution in [0.5, 0.6) is 0 Å². The number of hydrogen-bond acceptors (Lipinski definition) is 4. The Morgan fingerprint density at radius 3 is 2.79 bits per heavy atom. The van der Waals surface area contributed by atoms with Gasteiger partial charge in [-0.25, -0.2) is 4.79 Å². The molecule has 6 heteroatoms. The summed E-state index contributed by atoms with van der Waals surface area (Å²) < 4.78 is 1.46. The van der Waals surface area contributed by atoms with Gasteiger partial charge >= 0.3 is 5.69 Å². The van der Waals surface area contributed by atoms with Gasteiger partial charge in [0, 0.05) is 29.1 Å². The van der Waals surface area contributed by atoms with E-state index in [1.54, 1.807) is 6.92 Å². The largest absolute Gasteiger partial charge is 0.395 e. The van der Waals surface area contributed by atoms with Crippen LogP contribution in [-0.4, -0.2) is 32.5 Å². The van der Waals surface area contributed by atoms with Gasteiger partial charge in [0.2, 0.25) is 0 Å². The van der Waals surface area contributed by atoms with Gasteiger partial charge in [-0.3, -0.25) is 14.3 Å². The number of aliphatic hydroxyl groups is 2. The lowest BCUT2D eigenvalue weighted by molar-refractivity contribution is 0.0116. The molecule has 2 aliphatic carbocycles. The van der Waals surface area contributed by atoms with Gasteiger partial charge in [0.1, 0.15) is 0 Å². The molecule has 3 rings (SSSR count). The molecule has 1 aromatic rings. The normalized spacial score (nSPS) is 36.1. The van der Waals surface area contributed by atoms with Crippen molar-refractivity contribution in [3.63, 3.8) is 0 Å². The molecule has 0 saturated heterocycles. The van der Waals surface area contributed by atoms with E-state index in [0.717, 1.165) is 0 Å². The quantitative estimate of drug-likeness (QED) is 0.616. The highest BCUT2D eigenvalue weighted by atomic mass is 16.3. The fourth-order valence-corrected chi connectivity index (χ4v) is 3.25. The fourth-order valence-electron chi connectivity index (χ4n) is 3.25. The maximum Gasteiger partial charge on any atom is 0.328 e. The standard InChI is InChI=1S/C13H16N2O4/c1-7-5-15(12(19)14-11(7)18)9-4-10(17)13(6-16)3-2-8(9)13/h2-3,5,8-10,16-17H,4,6H2,1H3,(H,14,18,19)/t8-,9+,10+,13+/m1/s1. The monoisotopic (exact) mass is 264 g/mol. The summed E-state index contributed by atoms with van der Waals surface area (Å²) in [4.78, 5) is 25.5. The summed E-state index contributed by atoms with van der Waals surface area (Å²) in [5, 5.41) is 19.6. The zero-order valence-electron chi connectivity index (χ0n) is 10.5. The maximum atomic E-state index is 11.9. The zero-order valence-corrected chi connectivity index (χ0v) is 10.5. The van der Waals surface area contributed by atoms with Crippen molar-refractivity contribution in [2.75, 3.05) is 6.61 Å². The van der Waals surface area contributed by atoms with Crippen molar-refractivity contribution in [1.29, 1.82) is 0 Å². The van der Waals surface area contributed by atoms with E-state index < -0.39 is 22.8 Å². The maximum absolute atomic E-state index is 11.9. The third-order valence-corrected chi connectivity index (χ3v) is 4.51. The third kappa shape index (κ3) is 1.50. The molecule has 102 valence electrons. The number of nitrogens with zero attached hydrogens (tertiary/aromatic N) is 1. The van der Waals surface area contributed by atoms with E-state index in [4.69, 9.17) is 0 Å². The summed E-state index contributed by atoms with van der Waals surface area (Å²) in [6.45, 7) is 1.50. The van der Waals surface area contributed by atoms with Crippen LogP contribution >= 0.6 is 0 Å². The SMILES string of the molecule is Cc1cn([C@H]2C[C@H](O)[C@]3(CO)C=C[C@H]23)c(=O)[nH]c1=O. The van der Waals surface area contributed by atoms with Crippen molar-refractivity contribution in [1.82, 2.24) is 9.55 Å². The van der Waals surface area contributed by atoms with Gasteiger partial charge in [-0.05, 0) is 13.3 Å². The summed E-state index contributed by atoms with van der Waals surface area (Å²) >= 11 is 0. The van der Waals surface area contributed by atoms with E-state index in [0.29, 0.717) is 12.0 Å². The van der Waals surface area contributed by atoms with Gasteiger partial charge in [0.15, 0.2) is 0 Å². The van der Waals surface area contributed by atoms with Crippen LogP contribution in [0.25, 0.3) is 0 Å². The Kier molecular flexibility index (Phi) is 2.55. The average molecular weight is 264 g/mol. The second kappa shape index (κ2) is 3.91. The number of hydrogen-bond donors (Lipinski definition) is 3. The highest BCUT2D eigenvalue weighted by Gasteiger charge is 2.57. The van der Waals surface area contributed by atoms with Gasteiger partial charge in [0.25, 0.3) is 5.56 Å². The fraction of sp³-hybridized carbons (Fsp3) is 0.538. The minimum Gasteiger partial charge on any atom is -0.395 e.